The third-order valence-electron chi connectivity index (χ3n) is 15.2. The van der Waals surface area contributed by atoms with Gasteiger partial charge in [-0.25, -0.2) is 0 Å². The van der Waals surface area contributed by atoms with Crippen LogP contribution in [0.25, 0.3) is 0 Å². The van der Waals surface area contributed by atoms with E-state index in [1.54, 1.807) is 0 Å². The third kappa shape index (κ3) is 12.8. The van der Waals surface area contributed by atoms with Gasteiger partial charge in [0.15, 0.2) is 0 Å². The smallest absolute Gasteiger partial charge is 0.402 e. The van der Waals surface area contributed by atoms with Crippen LogP contribution in [-0.2, 0) is 44.3 Å². The van der Waals surface area contributed by atoms with Gasteiger partial charge in [0, 0.05) is 105 Å². The zero-order valence-electron chi connectivity index (χ0n) is 41.4. The number of nitrogens with zero attached hydrogens (tertiary/aromatic N) is 8. The van der Waals surface area contributed by atoms with Crippen molar-refractivity contribution in [2.75, 3.05) is 167 Å². The zero-order chi connectivity index (χ0) is 46.7. The molecule has 1 spiro atoms. The molecule has 0 amide bonds. The molecule has 11 heterocycles. The lowest BCUT2D eigenvalue weighted by Gasteiger charge is -2.33. The fourth-order valence-electron chi connectivity index (χ4n) is 9.79. The van der Waals surface area contributed by atoms with Crippen LogP contribution < -0.4 is 0 Å². The van der Waals surface area contributed by atoms with Crippen molar-refractivity contribution < 1.29 is 44.3 Å². The van der Waals surface area contributed by atoms with E-state index < -0.39 is 67.1 Å². The van der Waals surface area contributed by atoms with Gasteiger partial charge < -0.3 is 62.2 Å². The molecule has 0 bridgehead atoms. The van der Waals surface area contributed by atoms with Crippen LogP contribution >= 0.6 is 22.2 Å². The fraction of sp³-hybridized carbons (Fsp3) is 1.00. The molecule has 11 aliphatic heterocycles. The first kappa shape index (κ1) is 54.9. The predicted octanol–water partition coefficient (Wildman–Crippen LogP) is 2.71. The minimum absolute atomic E-state index is 0.746. The molecule has 28 heteroatoms. The molecular formula is C36H84Cl2N8O10Si8. The molecule has 64 heavy (non-hydrogen) atoms. The van der Waals surface area contributed by atoms with Crippen LogP contribution in [0.3, 0.4) is 0 Å². The Labute approximate surface area is 404 Å². The van der Waals surface area contributed by atoms with Crippen LogP contribution in [0, 0.1) is 0 Å². The molecule has 0 aromatic carbocycles. The van der Waals surface area contributed by atoms with E-state index in [0.717, 1.165) is 132 Å². The summed E-state index contributed by atoms with van der Waals surface area (Å²) in [6.07, 6.45) is 0. The normalized spacial score (nSPS) is 37.8. The van der Waals surface area contributed by atoms with E-state index in [9.17, 15) is 0 Å². The number of hydrogen-bond donors (Lipinski definition) is 0. The fourth-order valence-corrected chi connectivity index (χ4v) is 40.5. The van der Waals surface area contributed by atoms with Crippen LogP contribution in [0.2, 0.25) is 70.0 Å². The molecular weight excluding hydrogens is 1000 g/mol. The summed E-state index contributed by atoms with van der Waals surface area (Å²) in [6.45, 7) is 35.0. The van der Waals surface area contributed by atoms with Crippen LogP contribution in [0.5, 0.6) is 0 Å². The van der Waals surface area contributed by atoms with E-state index in [1.165, 1.54) is 24.2 Å². The monoisotopic (exact) mass is 1080 g/mol. The molecule has 4 atom stereocenters. The minimum Gasteiger partial charge on any atom is -0.402 e. The van der Waals surface area contributed by atoms with Crippen molar-refractivity contribution in [2.45, 2.75) is 70.0 Å². The van der Waals surface area contributed by atoms with Crippen molar-refractivity contribution in [2.24, 2.45) is 0 Å². The summed E-state index contributed by atoms with van der Waals surface area (Å²) in [4.78, 5) is 0. The number of halogens is 2. The Morgan fingerprint density at radius 2 is 0.797 bits per heavy atom. The predicted molar refractivity (Wildman–Crippen MR) is 271 cm³/mol. The van der Waals surface area contributed by atoms with Gasteiger partial charge in [0.05, 0.1) is 26.4 Å². The van der Waals surface area contributed by atoms with Crippen molar-refractivity contribution in [1.29, 1.82) is 0 Å². The van der Waals surface area contributed by atoms with Gasteiger partial charge in [0.2, 0.25) is 7.55 Å². The van der Waals surface area contributed by atoms with Gasteiger partial charge in [-0.15, -0.1) is 11.1 Å². The molecule has 11 aliphatic rings. The summed E-state index contributed by atoms with van der Waals surface area (Å²) in [5, 5.41) is 0. The maximum Gasteiger partial charge on any atom is 0.537 e. The molecule has 11 saturated heterocycles. The maximum absolute atomic E-state index is 6.48. The summed E-state index contributed by atoms with van der Waals surface area (Å²) < 4.78 is 75.0. The van der Waals surface area contributed by atoms with E-state index in [1.807, 2.05) is 0 Å². The zero-order valence-corrected chi connectivity index (χ0v) is 50.9. The Morgan fingerprint density at radius 1 is 0.391 bits per heavy atom. The minimum atomic E-state index is -2.25. The lowest BCUT2D eigenvalue weighted by atomic mass is 10.6. The third-order valence-corrected chi connectivity index (χ3v) is 47.5. The molecule has 0 aromatic heterocycles. The summed E-state index contributed by atoms with van der Waals surface area (Å²) >= 11 is 12.5. The van der Waals surface area contributed by atoms with E-state index in [-0.39, 0.29) is 0 Å². The second-order valence-electron chi connectivity index (χ2n) is 19.8. The highest BCUT2D eigenvalue weighted by Gasteiger charge is 2.57. The molecule has 18 nitrogen and oxygen atoms in total. The molecule has 4 unspecified atom stereocenters. The van der Waals surface area contributed by atoms with Gasteiger partial charge in [0.25, 0.3) is 33.9 Å². The highest BCUT2D eigenvalue weighted by Crippen LogP contribution is 2.42. The van der Waals surface area contributed by atoms with Gasteiger partial charge in [-0.1, -0.05) is 11.1 Å². The highest BCUT2D eigenvalue weighted by molar-refractivity contribution is 7.23. The van der Waals surface area contributed by atoms with Gasteiger partial charge in [-0.05, 0) is 105 Å². The van der Waals surface area contributed by atoms with E-state index >= 15 is 0 Å². The number of rotatable bonds is 3. The number of likely N-dealkylation sites (N-methyl/N-ethyl adjacent to an activating group) is 5. The van der Waals surface area contributed by atoms with Crippen LogP contribution in [0.1, 0.15) is 0 Å². The Hall–Kier alpha value is 1.60. The van der Waals surface area contributed by atoms with Crippen molar-refractivity contribution in [1.82, 2.24) is 36.2 Å². The van der Waals surface area contributed by atoms with Crippen LogP contribution in [0.15, 0.2) is 0 Å². The van der Waals surface area contributed by atoms with Crippen molar-refractivity contribution >= 4 is 89.3 Å². The Kier molecular flexibility index (Phi) is 19.4. The van der Waals surface area contributed by atoms with Crippen LogP contribution in [0.4, 0.5) is 0 Å². The molecule has 0 aliphatic carbocycles. The lowest BCUT2D eigenvalue weighted by Crippen LogP contribution is -2.59. The number of hydrogen-bond acceptors (Lipinski definition) is 18. The Balaban J connectivity index is 0.000000129. The largest absolute Gasteiger partial charge is 0.537 e. The first-order chi connectivity index (χ1) is 30.0. The maximum atomic E-state index is 6.48. The second-order valence-corrected chi connectivity index (χ2v) is 51.3. The average Bonchev–Trinajstić information content (AvgIpc) is 4.09. The van der Waals surface area contributed by atoms with Crippen LogP contribution in [-0.4, -0.2) is 270 Å². The molecule has 0 aromatic rings. The summed E-state index contributed by atoms with van der Waals surface area (Å²) in [5.74, 6) is 0. The van der Waals surface area contributed by atoms with Crippen molar-refractivity contribution in [3.63, 3.8) is 0 Å². The first-order valence-corrected chi connectivity index (χ1v) is 44.6. The van der Waals surface area contributed by atoms with E-state index in [4.69, 9.17) is 66.4 Å². The Morgan fingerprint density at radius 3 is 1.16 bits per heavy atom. The average molecular weight is 1080 g/mol. The van der Waals surface area contributed by atoms with Gasteiger partial charge >= 0.3 is 25.6 Å². The highest BCUT2D eigenvalue weighted by atomic mass is 35.6. The summed E-state index contributed by atoms with van der Waals surface area (Å²) in [7, 11) is -2.63. The molecule has 0 N–H and O–H groups in total. The standard InChI is InChI=1S/C10H24N2O2Si2.C6H14ClNOSi2.C6H14N2O2Si.C5H11NO2Si.C5H13NOSi.C4H8ClNO2Si/c1-11-5-7-13-15(11,3)9-10-16(4)12(2)6-8-14-16;1-10(7)5-6-11(2)8(10)3-4-9-11;1-7-3-5-9-11(7)8(2)4-6-10-11;1-9-6(2-4-7-9)3-5-8-9;1-6-4-5-7-8(6,2)3;5-9-6(1-3-7-9)2-4-8-9/h5-10H2,1-4H3;2*3-6H2,1-2H3;2-5H2,1H3;4-5H2,1-3H3;1-4H2. The van der Waals surface area contributed by atoms with Crippen molar-refractivity contribution in [3.05, 3.63) is 0 Å². The molecule has 11 fully saturated rings. The Bertz CT molecular complexity index is 1430. The molecule has 0 radical (unpaired) electrons. The van der Waals surface area contributed by atoms with Gasteiger partial charge in [0.1, 0.15) is 0 Å². The van der Waals surface area contributed by atoms with Gasteiger partial charge in [-0.3, -0.25) is 18.3 Å². The topological polar surface area (TPSA) is 118 Å². The van der Waals surface area contributed by atoms with E-state index in [0.29, 0.717) is 0 Å². The lowest BCUT2D eigenvalue weighted by molar-refractivity contribution is 0.192. The summed E-state index contributed by atoms with van der Waals surface area (Å²) in [6, 6.07) is 4.93. The first-order valence-electron chi connectivity index (χ1n) is 23.6. The van der Waals surface area contributed by atoms with E-state index in [2.05, 4.69) is 117 Å². The number of fused-ring (bicyclic) bond motifs is 3. The molecule has 374 valence electrons. The summed E-state index contributed by atoms with van der Waals surface area (Å²) in [5.41, 5.74) is 0. The molecule has 0 saturated carbocycles. The SMILES string of the molecule is CN1CCO[Si]1(C)C.CN1CCO[Si]1(C)CC[Si]1(C)OCCN1C.CN1CCO[Si]12OCCN2C.C[Si]1(Cl)CC[Si]2(C)OCCN12.C[Si]12OCCN1CCO2.Cl[Si]12OCCN1CCO2. The van der Waals surface area contributed by atoms with Gasteiger partial charge in [-0.2, -0.15) is 0 Å². The van der Waals surface area contributed by atoms with Crippen molar-refractivity contribution in [3.8, 4) is 0 Å². The quantitative estimate of drug-likeness (QED) is 0.305. The second kappa shape index (κ2) is 22.6. The molecule has 11 rings (SSSR count).